The highest BCUT2D eigenvalue weighted by molar-refractivity contribution is 7.90. The van der Waals surface area contributed by atoms with E-state index in [4.69, 9.17) is 14.4 Å². The molecule has 0 bridgehead atoms. The quantitative estimate of drug-likeness (QED) is 0.748. The van der Waals surface area contributed by atoms with Crippen LogP contribution in [-0.4, -0.2) is 42.5 Å². The predicted octanol–water partition coefficient (Wildman–Crippen LogP) is -0.224. The molecule has 1 atom stereocenters. The second-order valence-corrected chi connectivity index (χ2v) is 5.77. The van der Waals surface area contributed by atoms with E-state index in [1.807, 2.05) is 0 Å². The molecule has 0 fully saturated rings. The number of nitrogens with zero attached hydrogens (tertiary/aromatic N) is 2. The maximum Gasteiger partial charge on any atom is 0.329 e. The van der Waals surface area contributed by atoms with E-state index in [-0.39, 0.29) is 18.3 Å². The number of rotatable bonds is 6. The third kappa shape index (κ3) is 4.11. The van der Waals surface area contributed by atoms with Crippen molar-refractivity contribution in [2.45, 2.75) is 18.8 Å². The first-order valence-corrected chi connectivity index (χ1v) is 6.57. The Kier molecular flexibility index (Phi) is 4.18. The van der Waals surface area contributed by atoms with E-state index in [1.165, 1.54) is 6.92 Å². The monoisotopic (exact) mass is 264 g/mol. The van der Waals surface area contributed by atoms with Crippen molar-refractivity contribution >= 4 is 15.8 Å². The lowest BCUT2D eigenvalue weighted by Crippen LogP contribution is -2.09. The second-order valence-electron chi connectivity index (χ2n) is 3.40. The average Bonchev–Trinajstić information content (AvgIpc) is 2.63. The van der Waals surface area contributed by atoms with Crippen LogP contribution < -0.4 is 0 Å². The van der Waals surface area contributed by atoms with Gasteiger partial charge in [0.05, 0.1) is 0 Å². The SMILES string of the molecule is CC(c1noc(COCC(=O)O)n1)S(C)(=O)=O. The highest BCUT2D eigenvalue weighted by atomic mass is 32.2. The van der Waals surface area contributed by atoms with Crippen LogP contribution in [-0.2, 0) is 26.0 Å². The normalized spacial score (nSPS) is 13.5. The van der Waals surface area contributed by atoms with Gasteiger partial charge >= 0.3 is 5.97 Å². The van der Waals surface area contributed by atoms with Crippen molar-refractivity contribution in [3.8, 4) is 0 Å². The van der Waals surface area contributed by atoms with Gasteiger partial charge in [-0.05, 0) is 6.92 Å². The highest BCUT2D eigenvalue weighted by Gasteiger charge is 2.23. The molecule has 17 heavy (non-hydrogen) atoms. The first-order chi connectivity index (χ1) is 7.80. The van der Waals surface area contributed by atoms with Crippen LogP contribution in [0.25, 0.3) is 0 Å². The van der Waals surface area contributed by atoms with Crippen LogP contribution in [0.2, 0.25) is 0 Å². The number of carboxylic acid groups (broad SMARTS) is 1. The summed E-state index contributed by atoms with van der Waals surface area (Å²) in [5, 5.41) is 10.9. The van der Waals surface area contributed by atoms with Gasteiger partial charge in [0.15, 0.2) is 15.7 Å². The Morgan fingerprint density at radius 3 is 2.76 bits per heavy atom. The van der Waals surface area contributed by atoms with Gasteiger partial charge in [-0.15, -0.1) is 0 Å². The van der Waals surface area contributed by atoms with E-state index in [0.29, 0.717) is 0 Å². The largest absolute Gasteiger partial charge is 0.480 e. The van der Waals surface area contributed by atoms with E-state index in [2.05, 4.69) is 10.1 Å². The lowest BCUT2D eigenvalue weighted by molar-refractivity contribution is -0.142. The van der Waals surface area contributed by atoms with E-state index in [0.717, 1.165) is 6.26 Å². The molecule has 8 nitrogen and oxygen atoms in total. The van der Waals surface area contributed by atoms with E-state index in [1.54, 1.807) is 0 Å². The first kappa shape index (κ1) is 13.6. The van der Waals surface area contributed by atoms with Gasteiger partial charge < -0.3 is 14.4 Å². The van der Waals surface area contributed by atoms with Crippen LogP contribution in [0, 0.1) is 0 Å². The molecule has 96 valence electrons. The molecular weight excluding hydrogens is 252 g/mol. The fraction of sp³-hybridized carbons (Fsp3) is 0.625. The molecule has 0 amide bonds. The number of carbonyl (C=O) groups is 1. The minimum atomic E-state index is -3.30. The molecule has 0 saturated carbocycles. The van der Waals surface area contributed by atoms with Crippen LogP contribution in [0.15, 0.2) is 4.52 Å². The zero-order valence-electron chi connectivity index (χ0n) is 9.28. The Morgan fingerprint density at radius 1 is 1.59 bits per heavy atom. The molecule has 0 aromatic carbocycles. The zero-order valence-corrected chi connectivity index (χ0v) is 10.1. The summed E-state index contributed by atoms with van der Waals surface area (Å²) in [5.74, 6) is -1.05. The standard InChI is InChI=1S/C8H12N2O6S/c1-5(17(2,13)14)8-9-6(16-10-8)3-15-4-7(11)12/h5H,3-4H2,1-2H3,(H,11,12). The van der Waals surface area contributed by atoms with Gasteiger partial charge in [0.1, 0.15) is 18.5 Å². The summed E-state index contributed by atoms with van der Waals surface area (Å²) in [6, 6.07) is 0. The minimum absolute atomic E-state index is 0.0291. The number of aromatic nitrogens is 2. The molecule has 1 unspecified atom stereocenters. The summed E-state index contributed by atoms with van der Waals surface area (Å²) >= 11 is 0. The number of hydrogen-bond acceptors (Lipinski definition) is 7. The minimum Gasteiger partial charge on any atom is -0.480 e. The van der Waals surface area contributed by atoms with Crippen LogP contribution in [0.4, 0.5) is 0 Å². The molecule has 0 spiro atoms. The molecule has 1 rings (SSSR count). The molecule has 0 radical (unpaired) electrons. The van der Waals surface area contributed by atoms with Crippen molar-refractivity contribution in [3.05, 3.63) is 11.7 Å². The Bertz CT molecular complexity index is 494. The van der Waals surface area contributed by atoms with Gasteiger partial charge in [-0.3, -0.25) is 0 Å². The number of carboxylic acids is 1. The molecule has 1 aromatic heterocycles. The van der Waals surface area contributed by atoms with Crippen LogP contribution in [0.5, 0.6) is 0 Å². The van der Waals surface area contributed by atoms with Gasteiger partial charge in [0.25, 0.3) is 5.89 Å². The molecule has 0 aliphatic heterocycles. The van der Waals surface area contributed by atoms with E-state index < -0.39 is 27.7 Å². The molecule has 9 heteroatoms. The molecule has 0 aliphatic rings. The predicted molar refractivity (Wildman–Crippen MR) is 54.8 cm³/mol. The van der Waals surface area contributed by atoms with Gasteiger partial charge in [0.2, 0.25) is 0 Å². The van der Waals surface area contributed by atoms with Crippen molar-refractivity contribution in [3.63, 3.8) is 0 Å². The van der Waals surface area contributed by atoms with Crippen LogP contribution >= 0.6 is 0 Å². The fourth-order valence-electron chi connectivity index (χ4n) is 0.909. The third-order valence-corrected chi connectivity index (χ3v) is 3.44. The second kappa shape index (κ2) is 5.23. The zero-order chi connectivity index (χ0) is 13.1. The Balaban J connectivity index is 2.63. The van der Waals surface area contributed by atoms with E-state index in [9.17, 15) is 13.2 Å². The summed E-state index contributed by atoms with van der Waals surface area (Å²) in [5.41, 5.74) is 0. The highest BCUT2D eigenvalue weighted by Crippen LogP contribution is 2.17. The van der Waals surface area contributed by atoms with Crippen molar-refractivity contribution in [1.29, 1.82) is 0 Å². The lowest BCUT2D eigenvalue weighted by atomic mass is 10.4. The van der Waals surface area contributed by atoms with Gasteiger partial charge in [-0.2, -0.15) is 4.98 Å². The maximum absolute atomic E-state index is 11.2. The number of hydrogen-bond donors (Lipinski definition) is 1. The molecule has 1 N–H and O–H groups in total. The smallest absolute Gasteiger partial charge is 0.329 e. The molecule has 1 heterocycles. The van der Waals surface area contributed by atoms with Crippen molar-refractivity contribution in [2.75, 3.05) is 12.9 Å². The topological polar surface area (TPSA) is 120 Å². The van der Waals surface area contributed by atoms with Crippen LogP contribution in [0.3, 0.4) is 0 Å². The van der Waals surface area contributed by atoms with Crippen molar-refractivity contribution in [1.82, 2.24) is 10.1 Å². The Labute approximate surface area is 97.5 Å². The summed E-state index contributed by atoms with van der Waals surface area (Å²) < 4.78 is 31.9. The summed E-state index contributed by atoms with van der Waals surface area (Å²) in [7, 11) is -3.30. The molecule has 1 aromatic rings. The summed E-state index contributed by atoms with van der Waals surface area (Å²) in [6.45, 7) is 0.775. The summed E-state index contributed by atoms with van der Waals surface area (Å²) in [4.78, 5) is 14.0. The fourth-order valence-corrected chi connectivity index (χ4v) is 1.39. The molecule has 0 aliphatic carbocycles. The number of ether oxygens (including phenoxy) is 1. The van der Waals surface area contributed by atoms with Crippen molar-refractivity contribution in [2.24, 2.45) is 0 Å². The van der Waals surface area contributed by atoms with E-state index >= 15 is 0 Å². The maximum atomic E-state index is 11.2. The van der Waals surface area contributed by atoms with Gasteiger partial charge in [-0.1, -0.05) is 5.16 Å². The number of sulfone groups is 1. The Hall–Kier alpha value is -1.48. The third-order valence-electron chi connectivity index (χ3n) is 1.94. The molecular formula is C8H12N2O6S. The van der Waals surface area contributed by atoms with Gasteiger partial charge in [-0.25, -0.2) is 13.2 Å². The Morgan fingerprint density at radius 2 is 2.24 bits per heavy atom. The summed E-state index contributed by atoms with van der Waals surface area (Å²) in [6.07, 6.45) is 1.06. The first-order valence-electron chi connectivity index (χ1n) is 4.61. The van der Waals surface area contributed by atoms with Crippen LogP contribution in [0.1, 0.15) is 23.9 Å². The van der Waals surface area contributed by atoms with Gasteiger partial charge in [0, 0.05) is 6.26 Å². The molecule has 0 saturated heterocycles. The lowest BCUT2D eigenvalue weighted by Gasteiger charge is -2.01. The van der Waals surface area contributed by atoms with Crippen molar-refractivity contribution < 1.29 is 27.6 Å². The number of aliphatic carboxylic acids is 1. The average molecular weight is 264 g/mol.